The Kier molecular flexibility index (Phi) is 9.21. The molecule has 1 atom stereocenters. The van der Waals surface area contributed by atoms with E-state index in [1.54, 1.807) is 14.2 Å². The number of methoxy groups -OCH3 is 2. The first-order valence-corrected chi connectivity index (χ1v) is 18.0. The number of ether oxygens (including phenoxy) is 2. The Morgan fingerprint density at radius 2 is 0.811 bits per heavy atom. The third kappa shape index (κ3) is 5.84. The predicted octanol–water partition coefficient (Wildman–Crippen LogP) is 10.7. The van der Waals surface area contributed by atoms with Crippen molar-refractivity contribution in [3.8, 4) is 11.5 Å². The van der Waals surface area contributed by atoms with Crippen molar-refractivity contribution in [3.05, 3.63) is 200 Å². The second-order valence-electron chi connectivity index (χ2n) is 12.4. The third-order valence-electron chi connectivity index (χ3n) is 9.41. The van der Waals surface area contributed by atoms with E-state index in [-0.39, 0.29) is 0 Å². The highest BCUT2D eigenvalue weighted by Crippen LogP contribution is 2.57. The maximum absolute atomic E-state index is 7.24. The van der Waals surface area contributed by atoms with Crippen LogP contribution in [-0.4, -0.2) is 37.1 Å². The lowest BCUT2D eigenvalue weighted by Gasteiger charge is -2.39. The van der Waals surface area contributed by atoms with E-state index in [0.717, 1.165) is 11.1 Å². The molecule has 0 aromatic heterocycles. The van der Waals surface area contributed by atoms with E-state index in [1.807, 2.05) is 152 Å². The highest BCUT2D eigenvalue weighted by atomic mass is 35.5. The first-order valence-electron chi connectivity index (χ1n) is 16.9. The third-order valence-corrected chi connectivity index (χ3v) is 10.4. The molecule has 2 aliphatic rings. The molecule has 6 aromatic rings. The van der Waals surface area contributed by atoms with Gasteiger partial charge in [-0.3, -0.25) is 0 Å². The van der Waals surface area contributed by atoms with Gasteiger partial charge >= 0.3 is 0 Å². The van der Waals surface area contributed by atoms with Gasteiger partial charge in [0.15, 0.2) is 11.5 Å². The molecule has 6 nitrogen and oxygen atoms in total. The van der Waals surface area contributed by atoms with Gasteiger partial charge in [0.2, 0.25) is 11.3 Å². The summed E-state index contributed by atoms with van der Waals surface area (Å²) in [7, 11) is 3.20. The van der Waals surface area contributed by atoms with Crippen LogP contribution in [-0.2, 0) is 11.3 Å². The van der Waals surface area contributed by atoms with E-state index >= 15 is 0 Å². The maximum Gasteiger partial charge on any atom is 0.227 e. The highest BCUT2D eigenvalue weighted by molar-refractivity contribution is 6.57. The summed E-state index contributed by atoms with van der Waals surface area (Å²) in [4.78, 5) is 22.7. The Bertz CT molecular complexity index is 2420. The standard InChI is InChI=1S/C44H31Cl3N4O2/c1-52-37-26-25-30(27-38(37)53-2)41-42(31-19-9-12-22-34(31)45)51-44(50-41,33-21-11-14-24-36(33)47)43(32-20-10-13-23-35(32)46)48-39(28-15-5-3-6-16-28)40(49-43)29-17-7-4-8-18-29/h3-27H,1-2H3. The van der Waals surface area contributed by atoms with Crippen LogP contribution in [0, 0.1) is 0 Å². The SMILES string of the molecule is COc1ccc(C2=NC(c3ccccc3Cl)(C3(c4ccccc4Cl)N=C(c4ccccc4)C(c4ccccc4)=N3)N=C2c2ccccc2Cl)cc1OC. The smallest absolute Gasteiger partial charge is 0.227 e. The topological polar surface area (TPSA) is 67.9 Å². The van der Waals surface area contributed by atoms with Crippen LogP contribution in [0.3, 0.4) is 0 Å². The summed E-state index contributed by atoms with van der Waals surface area (Å²) in [5.41, 5.74) is 3.41. The molecule has 8 rings (SSSR count). The Balaban J connectivity index is 1.56. The molecule has 2 heterocycles. The Hall–Kier alpha value is -5.53. The lowest BCUT2D eigenvalue weighted by atomic mass is 9.82. The molecule has 9 heteroatoms. The molecule has 0 bridgehead atoms. The molecule has 2 aliphatic heterocycles. The number of rotatable bonds is 9. The summed E-state index contributed by atoms with van der Waals surface area (Å²) in [6.07, 6.45) is 0. The molecule has 0 saturated carbocycles. The Labute approximate surface area is 322 Å². The van der Waals surface area contributed by atoms with Gasteiger partial charge in [-0.2, -0.15) is 0 Å². The average molecular weight is 754 g/mol. The quantitative estimate of drug-likeness (QED) is 0.148. The van der Waals surface area contributed by atoms with E-state index in [0.29, 0.717) is 71.7 Å². The average Bonchev–Trinajstić information content (AvgIpc) is 3.81. The van der Waals surface area contributed by atoms with Gasteiger partial charge in [-0.15, -0.1) is 0 Å². The maximum atomic E-state index is 7.24. The van der Waals surface area contributed by atoms with Crippen LogP contribution < -0.4 is 9.47 Å². The molecule has 0 spiro atoms. The van der Waals surface area contributed by atoms with Crippen molar-refractivity contribution in [3.63, 3.8) is 0 Å². The van der Waals surface area contributed by atoms with Gasteiger partial charge in [-0.25, -0.2) is 20.0 Å². The molecule has 0 aliphatic carbocycles. The molecular weight excluding hydrogens is 723 g/mol. The van der Waals surface area contributed by atoms with Gasteiger partial charge in [0.1, 0.15) is 0 Å². The van der Waals surface area contributed by atoms with Crippen molar-refractivity contribution in [1.82, 2.24) is 0 Å². The molecule has 0 saturated heterocycles. The molecule has 6 aromatic carbocycles. The van der Waals surface area contributed by atoms with Crippen molar-refractivity contribution in [2.75, 3.05) is 14.2 Å². The lowest BCUT2D eigenvalue weighted by Crippen LogP contribution is -2.43. The Morgan fingerprint density at radius 1 is 0.396 bits per heavy atom. The van der Waals surface area contributed by atoms with Crippen LogP contribution in [0.25, 0.3) is 0 Å². The molecule has 0 N–H and O–H groups in total. The monoisotopic (exact) mass is 752 g/mol. The zero-order chi connectivity index (χ0) is 36.6. The number of benzene rings is 6. The van der Waals surface area contributed by atoms with Crippen molar-refractivity contribution in [2.24, 2.45) is 20.0 Å². The van der Waals surface area contributed by atoms with Crippen molar-refractivity contribution in [2.45, 2.75) is 11.3 Å². The number of hydrogen-bond acceptors (Lipinski definition) is 6. The van der Waals surface area contributed by atoms with E-state index in [1.165, 1.54) is 0 Å². The minimum absolute atomic E-state index is 0.429. The van der Waals surface area contributed by atoms with Crippen LogP contribution in [0.4, 0.5) is 0 Å². The zero-order valence-corrected chi connectivity index (χ0v) is 30.9. The van der Waals surface area contributed by atoms with Gasteiger partial charge < -0.3 is 9.47 Å². The molecule has 0 radical (unpaired) electrons. The summed E-state index contributed by atoms with van der Waals surface area (Å²) in [5, 5.41) is 1.37. The molecular formula is C44H31Cl3N4O2. The summed E-state index contributed by atoms with van der Waals surface area (Å²) < 4.78 is 11.4. The predicted molar refractivity (Wildman–Crippen MR) is 216 cm³/mol. The fourth-order valence-electron chi connectivity index (χ4n) is 6.95. The first-order chi connectivity index (χ1) is 25.9. The lowest BCUT2D eigenvalue weighted by molar-refractivity contribution is 0.257. The van der Waals surface area contributed by atoms with Crippen molar-refractivity contribution in [1.29, 1.82) is 0 Å². The fourth-order valence-corrected chi connectivity index (χ4v) is 7.71. The highest BCUT2D eigenvalue weighted by Gasteiger charge is 2.61. The van der Waals surface area contributed by atoms with Gasteiger partial charge in [0, 0.05) is 43.4 Å². The molecule has 260 valence electrons. The second-order valence-corrected chi connectivity index (χ2v) is 13.6. The second kappa shape index (κ2) is 14.1. The number of nitrogens with zero attached hydrogens (tertiary/aromatic N) is 4. The minimum Gasteiger partial charge on any atom is -0.493 e. The van der Waals surface area contributed by atoms with E-state index in [4.69, 9.17) is 64.2 Å². The molecule has 0 amide bonds. The number of halogens is 3. The Morgan fingerprint density at radius 3 is 1.28 bits per heavy atom. The van der Waals surface area contributed by atoms with Gasteiger partial charge in [-0.05, 0) is 36.4 Å². The zero-order valence-electron chi connectivity index (χ0n) is 28.7. The van der Waals surface area contributed by atoms with E-state index < -0.39 is 11.3 Å². The largest absolute Gasteiger partial charge is 0.493 e. The van der Waals surface area contributed by atoms with Crippen molar-refractivity contribution >= 4 is 57.6 Å². The van der Waals surface area contributed by atoms with Crippen LogP contribution in [0.1, 0.15) is 33.4 Å². The van der Waals surface area contributed by atoms with Gasteiger partial charge in [0.05, 0.1) is 42.1 Å². The van der Waals surface area contributed by atoms with Gasteiger partial charge in [-0.1, -0.05) is 150 Å². The summed E-state index contributed by atoms with van der Waals surface area (Å²) in [6, 6.07) is 48.3. The summed E-state index contributed by atoms with van der Waals surface area (Å²) in [6.45, 7) is 0. The summed E-state index contributed by atoms with van der Waals surface area (Å²) >= 11 is 21.5. The minimum atomic E-state index is -1.65. The number of hydrogen-bond donors (Lipinski definition) is 0. The normalized spacial score (nSPS) is 17.5. The van der Waals surface area contributed by atoms with Gasteiger partial charge in [0.25, 0.3) is 0 Å². The first kappa shape index (κ1) is 34.6. The van der Waals surface area contributed by atoms with Crippen molar-refractivity contribution < 1.29 is 9.47 Å². The van der Waals surface area contributed by atoms with Crippen LogP contribution in [0.2, 0.25) is 15.1 Å². The van der Waals surface area contributed by atoms with E-state index in [2.05, 4.69) is 0 Å². The van der Waals surface area contributed by atoms with Crippen LogP contribution in [0.15, 0.2) is 172 Å². The molecule has 1 unspecified atom stereocenters. The van der Waals surface area contributed by atoms with Crippen LogP contribution >= 0.6 is 34.8 Å². The summed E-state index contributed by atoms with van der Waals surface area (Å²) in [5.74, 6) is 1.10. The van der Waals surface area contributed by atoms with Crippen LogP contribution in [0.5, 0.6) is 11.5 Å². The van der Waals surface area contributed by atoms with E-state index in [9.17, 15) is 0 Å². The molecule has 0 fully saturated rings. The fraction of sp³-hybridized carbons (Fsp3) is 0.0909. The number of aliphatic imine (C=N–C) groups is 4. The molecule has 53 heavy (non-hydrogen) atoms.